The molecule has 0 spiro atoms. The predicted octanol–water partition coefficient (Wildman–Crippen LogP) is 0.744. The molecule has 0 aromatic rings. The van der Waals surface area contributed by atoms with E-state index < -0.39 is 0 Å². The molecule has 0 aromatic heterocycles. The van der Waals surface area contributed by atoms with E-state index in [1.807, 2.05) is 0 Å². The number of nitrogens with zero attached hydrogens (tertiary/aromatic N) is 1. The van der Waals surface area contributed by atoms with Gasteiger partial charge in [-0.3, -0.25) is 15.0 Å². The zero-order valence-electron chi connectivity index (χ0n) is 16.2. The maximum absolute atomic E-state index is 12.6. The summed E-state index contributed by atoms with van der Waals surface area (Å²) in [6.45, 7) is 7.49. The van der Waals surface area contributed by atoms with Gasteiger partial charge in [-0.1, -0.05) is 19.3 Å². The fraction of sp³-hybridized carbons (Fsp3) is 0.947. The second-order valence-corrected chi connectivity index (χ2v) is 10.6. The molecule has 0 aromatic carbocycles. The molecule has 26 heavy (non-hydrogen) atoms. The molecule has 5 N–H and O–H groups in total. The molecule has 150 valence electrons. The minimum atomic E-state index is -0.209. The van der Waals surface area contributed by atoms with Crippen LogP contribution in [0.3, 0.4) is 0 Å². The number of rotatable bonds is 6. The van der Waals surface area contributed by atoms with Crippen LogP contribution in [0.5, 0.6) is 0 Å². The summed E-state index contributed by atoms with van der Waals surface area (Å²) in [5.74, 6) is 1.63. The standard InChI is InChI=1S/C19H36N4O2S/c1-19(2)17(22-16(10-20)26-19)18(25)21-7-8-23-11-14-6-4-3-5-13(14)9-15(23)12-24/h13-17,22,24H,3-12,20H2,1-2H3,(H,21,25)/t13-,14+,15?,16?,17+/m1/s1. The molecule has 1 saturated carbocycles. The Labute approximate surface area is 162 Å². The molecule has 0 radical (unpaired) electrons. The highest BCUT2D eigenvalue weighted by molar-refractivity contribution is 8.01. The Bertz CT molecular complexity index is 490. The van der Waals surface area contributed by atoms with Gasteiger partial charge in [0.25, 0.3) is 0 Å². The smallest absolute Gasteiger partial charge is 0.238 e. The van der Waals surface area contributed by atoms with Gasteiger partial charge in [0.1, 0.15) is 6.04 Å². The van der Waals surface area contributed by atoms with Crippen LogP contribution in [0.15, 0.2) is 0 Å². The fourth-order valence-electron chi connectivity index (χ4n) is 5.04. The molecule has 3 fully saturated rings. The molecule has 1 aliphatic carbocycles. The van der Waals surface area contributed by atoms with Crippen molar-refractivity contribution in [3.05, 3.63) is 0 Å². The number of hydrogen-bond donors (Lipinski definition) is 4. The molecule has 2 heterocycles. The Balaban J connectivity index is 1.48. The van der Waals surface area contributed by atoms with Gasteiger partial charge < -0.3 is 16.2 Å². The molecule has 2 aliphatic heterocycles. The zero-order chi connectivity index (χ0) is 18.7. The minimum absolute atomic E-state index is 0.0616. The first kappa shape index (κ1) is 20.4. The minimum Gasteiger partial charge on any atom is -0.395 e. The lowest BCUT2D eigenvalue weighted by Crippen LogP contribution is -2.54. The molecule has 5 atom stereocenters. The van der Waals surface area contributed by atoms with E-state index >= 15 is 0 Å². The number of fused-ring (bicyclic) bond motifs is 1. The van der Waals surface area contributed by atoms with Crippen molar-refractivity contribution in [1.29, 1.82) is 0 Å². The largest absolute Gasteiger partial charge is 0.395 e. The van der Waals surface area contributed by atoms with E-state index in [1.54, 1.807) is 11.8 Å². The number of aliphatic hydroxyl groups is 1. The fourth-order valence-corrected chi connectivity index (χ4v) is 6.38. The third-order valence-electron chi connectivity index (χ3n) is 6.51. The van der Waals surface area contributed by atoms with E-state index in [0.717, 1.165) is 31.3 Å². The van der Waals surface area contributed by atoms with E-state index in [-0.39, 0.29) is 34.7 Å². The van der Waals surface area contributed by atoms with Crippen molar-refractivity contribution in [3.63, 3.8) is 0 Å². The van der Waals surface area contributed by atoms with Crippen molar-refractivity contribution in [2.45, 2.75) is 68.2 Å². The van der Waals surface area contributed by atoms with Gasteiger partial charge in [-0.15, -0.1) is 11.8 Å². The van der Waals surface area contributed by atoms with Crippen molar-refractivity contribution in [2.75, 3.05) is 32.8 Å². The first-order valence-electron chi connectivity index (χ1n) is 10.2. The third-order valence-corrected chi connectivity index (χ3v) is 7.96. The number of carbonyl (C=O) groups is 1. The van der Waals surface area contributed by atoms with Crippen molar-refractivity contribution >= 4 is 17.7 Å². The van der Waals surface area contributed by atoms with Gasteiger partial charge in [0.05, 0.1) is 12.0 Å². The molecule has 2 saturated heterocycles. The van der Waals surface area contributed by atoms with Crippen molar-refractivity contribution in [2.24, 2.45) is 17.6 Å². The van der Waals surface area contributed by atoms with Crippen LogP contribution >= 0.6 is 11.8 Å². The highest BCUT2D eigenvalue weighted by Gasteiger charge is 2.44. The van der Waals surface area contributed by atoms with E-state index in [4.69, 9.17) is 5.73 Å². The first-order valence-corrected chi connectivity index (χ1v) is 11.1. The van der Waals surface area contributed by atoms with Gasteiger partial charge in [-0.05, 0) is 38.5 Å². The van der Waals surface area contributed by atoms with Crippen molar-refractivity contribution in [1.82, 2.24) is 15.5 Å². The second-order valence-electron chi connectivity index (χ2n) is 8.71. The molecule has 0 bridgehead atoms. The molecular weight excluding hydrogens is 348 g/mol. The number of piperidine rings is 1. The number of carbonyl (C=O) groups excluding carboxylic acids is 1. The average molecular weight is 385 g/mol. The number of thioether (sulfide) groups is 1. The maximum Gasteiger partial charge on any atom is 0.238 e. The lowest BCUT2D eigenvalue weighted by molar-refractivity contribution is -0.123. The number of amides is 1. The van der Waals surface area contributed by atoms with Gasteiger partial charge in [-0.2, -0.15) is 0 Å². The van der Waals surface area contributed by atoms with Crippen LogP contribution < -0.4 is 16.4 Å². The van der Waals surface area contributed by atoms with Crippen LogP contribution in [-0.4, -0.2) is 70.9 Å². The van der Waals surface area contributed by atoms with E-state index in [1.165, 1.54) is 25.7 Å². The summed E-state index contributed by atoms with van der Waals surface area (Å²) in [6.07, 6.45) is 6.46. The Hall–Kier alpha value is -0.340. The van der Waals surface area contributed by atoms with E-state index in [0.29, 0.717) is 13.1 Å². The van der Waals surface area contributed by atoms with Gasteiger partial charge in [-0.25, -0.2) is 0 Å². The lowest BCUT2D eigenvalue weighted by Gasteiger charge is -2.45. The molecule has 7 heteroatoms. The molecule has 3 rings (SSSR count). The molecule has 2 unspecified atom stereocenters. The Kier molecular flexibility index (Phi) is 6.88. The van der Waals surface area contributed by atoms with Gasteiger partial charge in [0.15, 0.2) is 0 Å². The van der Waals surface area contributed by atoms with Crippen LogP contribution in [0, 0.1) is 11.8 Å². The summed E-state index contributed by atoms with van der Waals surface area (Å²) in [5.41, 5.74) is 5.75. The average Bonchev–Trinajstić information content (AvgIpc) is 2.95. The van der Waals surface area contributed by atoms with Crippen molar-refractivity contribution in [3.8, 4) is 0 Å². The lowest BCUT2D eigenvalue weighted by atomic mass is 9.73. The normalized spacial score (nSPS) is 37.3. The Morgan fingerprint density at radius 3 is 2.73 bits per heavy atom. The summed E-state index contributed by atoms with van der Waals surface area (Å²) in [4.78, 5) is 15.0. The number of hydrogen-bond acceptors (Lipinski definition) is 6. The highest BCUT2D eigenvalue weighted by Crippen LogP contribution is 2.39. The molecular formula is C19H36N4O2S. The number of likely N-dealkylation sites (tertiary alicyclic amines) is 1. The first-order chi connectivity index (χ1) is 12.4. The quantitative estimate of drug-likeness (QED) is 0.540. The number of nitrogens with two attached hydrogens (primary N) is 1. The SMILES string of the molecule is CC1(C)SC(CN)N[C@H]1C(=O)NCCN1C[C@@H]2CCCC[C@@H]2CC1CO. The summed E-state index contributed by atoms with van der Waals surface area (Å²) in [7, 11) is 0. The summed E-state index contributed by atoms with van der Waals surface area (Å²) < 4.78 is -0.151. The predicted molar refractivity (Wildman–Crippen MR) is 107 cm³/mol. The van der Waals surface area contributed by atoms with Gasteiger partial charge >= 0.3 is 0 Å². The van der Waals surface area contributed by atoms with Crippen LogP contribution in [0.1, 0.15) is 46.0 Å². The second kappa shape index (κ2) is 8.78. The third kappa shape index (κ3) is 4.55. The summed E-state index contributed by atoms with van der Waals surface area (Å²) in [5, 5.41) is 16.4. The van der Waals surface area contributed by atoms with Crippen molar-refractivity contribution < 1.29 is 9.90 Å². The Morgan fingerprint density at radius 1 is 1.35 bits per heavy atom. The van der Waals surface area contributed by atoms with E-state index in [9.17, 15) is 9.90 Å². The summed E-state index contributed by atoms with van der Waals surface area (Å²) in [6, 6.07) is 0.0447. The molecule has 3 aliphatic rings. The van der Waals surface area contributed by atoms with Crippen LogP contribution in [0.4, 0.5) is 0 Å². The number of nitrogens with one attached hydrogen (secondary N) is 2. The van der Waals surface area contributed by atoms with Crippen LogP contribution in [-0.2, 0) is 4.79 Å². The maximum atomic E-state index is 12.6. The monoisotopic (exact) mass is 384 g/mol. The van der Waals surface area contributed by atoms with E-state index in [2.05, 4.69) is 29.4 Å². The molecule has 6 nitrogen and oxygen atoms in total. The van der Waals surface area contributed by atoms with Crippen LogP contribution in [0.25, 0.3) is 0 Å². The summed E-state index contributed by atoms with van der Waals surface area (Å²) >= 11 is 1.74. The zero-order valence-corrected chi connectivity index (χ0v) is 17.1. The Morgan fingerprint density at radius 2 is 2.08 bits per heavy atom. The van der Waals surface area contributed by atoms with Gasteiger partial charge in [0, 0.05) is 37.0 Å². The molecule has 1 amide bonds. The topological polar surface area (TPSA) is 90.6 Å². The highest BCUT2D eigenvalue weighted by atomic mass is 32.2. The number of aliphatic hydroxyl groups excluding tert-OH is 1. The van der Waals surface area contributed by atoms with Gasteiger partial charge in [0.2, 0.25) is 5.91 Å². The van der Waals surface area contributed by atoms with Crippen LogP contribution in [0.2, 0.25) is 0 Å².